The fourth-order valence-electron chi connectivity index (χ4n) is 2.85. The van der Waals surface area contributed by atoms with Gasteiger partial charge in [-0.15, -0.1) is 0 Å². The maximum atomic E-state index is 12.5. The van der Waals surface area contributed by atoms with Crippen LogP contribution in [-0.4, -0.2) is 46.5 Å². The molecule has 2 unspecified atom stereocenters. The Morgan fingerprint density at radius 2 is 1.83 bits per heavy atom. The molecule has 7 nitrogen and oxygen atoms in total. The first kappa shape index (κ1) is 17.8. The van der Waals surface area contributed by atoms with E-state index < -0.39 is 11.9 Å². The Morgan fingerprint density at radius 3 is 2.33 bits per heavy atom. The van der Waals surface area contributed by atoms with Crippen LogP contribution in [0.1, 0.15) is 37.6 Å². The van der Waals surface area contributed by atoms with Crippen LogP contribution in [0.4, 0.5) is 10.5 Å². The van der Waals surface area contributed by atoms with Gasteiger partial charge >= 0.3 is 12.0 Å². The van der Waals surface area contributed by atoms with Gasteiger partial charge in [0, 0.05) is 29.9 Å². The van der Waals surface area contributed by atoms with Gasteiger partial charge in [-0.05, 0) is 51.5 Å². The molecule has 0 spiro atoms. The van der Waals surface area contributed by atoms with Crippen LogP contribution in [-0.2, 0) is 4.79 Å². The third-order valence-corrected chi connectivity index (χ3v) is 4.14. The molecule has 0 saturated carbocycles. The van der Waals surface area contributed by atoms with Crippen molar-refractivity contribution in [2.24, 2.45) is 5.92 Å². The maximum Gasteiger partial charge on any atom is 0.319 e. The van der Waals surface area contributed by atoms with E-state index in [-0.39, 0.29) is 24.0 Å². The molecule has 1 aromatic carbocycles. The predicted molar refractivity (Wildman–Crippen MR) is 90.0 cm³/mol. The molecule has 130 valence electrons. The fourth-order valence-corrected chi connectivity index (χ4v) is 2.85. The summed E-state index contributed by atoms with van der Waals surface area (Å²) < 4.78 is 0. The first-order valence-corrected chi connectivity index (χ1v) is 8.01. The Morgan fingerprint density at radius 1 is 1.21 bits per heavy atom. The number of anilines is 1. The minimum Gasteiger partial charge on any atom is -0.481 e. The van der Waals surface area contributed by atoms with E-state index in [4.69, 9.17) is 5.11 Å². The number of urea groups is 1. The Hall–Kier alpha value is -2.57. The number of hydrogen-bond acceptors (Lipinski definition) is 3. The molecule has 1 heterocycles. The number of carbonyl (C=O) groups is 3. The molecule has 0 radical (unpaired) electrons. The number of amides is 3. The number of benzene rings is 1. The zero-order valence-corrected chi connectivity index (χ0v) is 14.1. The Labute approximate surface area is 141 Å². The van der Waals surface area contributed by atoms with E-state index in [0.29, 0.717) is 24.2 Å². The lowest BCUT2D eigenvalue weighted by Crippen LogP contribution is -2.37. The molecule has 7 heteroatoms. The molecular weight excluding hydrogens is 310 g/mol. The van der Waals surface area contributed by atoms with Crippen molar-refractivity contribution in [2.75, 3.05) is 11.9 Å². The minimum absolute atomic E-state index is 0.0321. The summed E-state index contributed by atoms with van der Waals surface area (Å²) in [6.45, 7) is 5.93. The highest BCUT2D eigenvalue weighted by atomic mass is 16.4. The third kappa shape index (κ3) is 4.04. The Bertz CT molecular complexity index is 627. The van der Waals surface area contributed by atoms with Gasteiger partial charge in [-0.3, -0.25) is 9.59 Å². The molecule has 2 rings (SSSR count). The second-order valence-corrected chi connectivity index (χ2v) is 6.30. The lowest BCUT2D eigenvalue weighted by Gasteiger charge is -2.23. The molecular formula is C17H23N3O4. The number of hydrogen-bond donors (Lipinski definition) is 3. The van der Waals surface area contributed by atoms with Gasteiger partial charge in [0.05, 0.1) is 5.92 Å². The smallest absolute Gasteiger partial charge is 0.319 e. The Balaban J connectivity index is 2.01. The van der Waals surface area contributed by atoms with Gasteiger partial charge < -0.3 is 20.6 Å². The van der Waals surface area contributed by atoms with Crippen molar-refractivity contribution in [1.29, 1.82) is 0 Å². The molecule has 1 fully saturated rings. The predicted octanol–water partition coefficient (Wildman–Crippen LogP) is 2.15. The van der Waals surface area contributed by atoms with E-state index in [1.165, 1.54) is 0 Å². The number of rotatable bonds is 4. The van der Waals surface area contributed by atoms with E-state index in [1.807, 2.05) is 13.8 Å². The quantitative estimate of drug-likeness (QED) is 0.786. The molecule has 1 aromatic rings. The van der Waals surface area contributed by atoms with Crippen LogP contribution < -0.4 is 10.6 Å². The molecule has 1 aliphatic rings. The zero-order valence-electron chi connectivity index (χ0n) is 14.1. The van der Waals surface area contributed by atoms with Crippen molar-refractivity contribution >= 4 is 23.6 Å². The second kappa shape index (κ2) is 7.33. The number of nitrogens with zero attached hydrogens (tertiary/aromatic N) is 1. The van der Waals surface area contributed by atoms with E-state index >= 15 is 0 Å². The Kier molecular flexibility index (Phi) is 5.43. The number of carboxylic acid groups (broad SMARTS) is 1. The third-order valence-electron chi connectivity index (χ3n) is 4.14. The van der Waals surface area contributed by atoms with Crippen LogP contribution >= 0.6 is 0 Å². The van der Waals surface area contributed by atoms with Crippen molar-refractivity contribution in [2.45, 2.75) is 39.3 Å². The molecule has 2 atom stereocenters. The van der Waals surface area contributed by atoms with Crippen LogP contribution in [0.25, 0.3) is 0 Å². The topological polar surface area (TPSA) is 98.7 Å². The number of nitrogens with one attached hydrogen (secondary N) is 2. The molecule has 3 amide bonds. The van der Waals surface area contributed by atoms with Crippen LogP contribution in [0, 0.1) is 5.92 Å². The number of carboxylic acids is 1. The van der Waals surface area contributed by atoms with Gasteiger partial charge in [0.2, 0.25) is 0 Å². The lowest BCUT2D eigenvalue weighted by molar-refractivity contribution is -0.142. The van der Waals surface area contributed by atoms with Crippen LogP contribution in [0.3, 0.4) is 0 Å². The van der Waals surface area contributed by atoms with Gasteiger partial charge in [-0.25, -0.2) is 4.79 Å². The minimum atomic E-state index is -0.867. The summed E-state index contributed by atoms with van der Waals surface area (Å²) in [4.78, 5) is 36.9. The largest absolute Gasteiger partial charge is 0.481 e. The van der Waals surface area contributed by atoms with E-state index in [9.17, 15) is 14.4 Å². The average molecular weight is 333 g/mol. The number of carbonyl (C=O) groups excluding carboxylic acids is 2. The van der Waals surface area contributed by atoms with Crippen LogP contribution in [0.15, 0.2) is 24.3 Å². The summed E-state index contributed by atoms with van der Waals surface area (Å²) >= 11 is 0. The van der Waals surface area contributed by atoms with E-state index in [0.717, 1.165) is 0 Å². The highest BCUT2D eigenvalue weighted by Crippen LogP contribution is 2.26. The molecule has 0 aromatic heterocycles. The summed E-state index contributed by atoms with van der Waals surface area (Å²) in [5.41, 5.74) is 1.06. The molecule has 3 N–H and O–H groups in total. The van der Waals surface area contributed by atoms with Gasteiger partial charge in [0.15, 0.2) is 0 Å². The van der Waals surface area contributed by atoms with Gasteiger partial charge in [0.25, 0.3) is 5.91 Å². The van der Waals surface area contributed by atoms with Gasteiger partial charge in [-0.1, -0.05) is 0 Å². The second-order valence-electron chi connectivity index (χ2n) is 6.30. The van der Waals surface area contributed by atoms with Crippen molar-refractivity contribution in [3.63, 3.8) is 0 Å². The van der Waals surface area contributed by atoms with Crippen molar-refractivity contribution < 1.29 is 19.5 Å². The highest BCUT2D eigenvalue weighted by molar-refractivity contribution is 5.96. The molecule has 0 aliphatic carbocycles. The molecule has 1 aliphatic heterocycles. The summed E-state index contributed by atoms with van der Waals surface area (Å²) in [6, 6.07) is 5.98. The lowest BCUT2D eigenvalue weighted by atomic mass is 10.0. The maximum absolute atomic E-state index is 12.5. The zero-order chi connectivity index (χ0) is 17.9. The average Bonchev–Trinajstić information content (AvgIpc) is 2.88. The van der Waals surface area contributed by atoms with E-state index in [1.54, 1.807) is 36.1 Å². The first-order chi connectivity index (χ1) is 11.3. The van der Waals surface area contributed by atoms with E-state index in [2.05, 4.69) is 10.6 Å². The number of aliphatic carboxylic acids is 1. The van der Waals surface area contributed by atoms with Crippen LogP contribution in [0.2, 0.25) is 0 Å². The normalized spacial score (nSPS) is 20.1. The summed E-state index contributed by atoms with van der Waals surface area (Å²) in [7, 11) is 0. The first-order valence-electron chi connectivity index (χ1n) is 8.01. The van der Waals surface area contributed by atoms with Crippen molar-refractivity contribution in [3.8, 4) is 0 Å². The summed E-state index contributed by atoms with van der Waals surface area (Å²) in [5, 5.41) is 14.6. The fraction of sp³-hybridized carbons (Fsp3) is 0.471. The molecule has 1 saturated heterocycles. The number of likely N-dealkylation sites (tertiary alicyclic amines) is 1. The van der Waals surface area contributed by atoms with Gasteiger partial charge in [-0.2, -0.15) is 0 Å². The summed E-state index contributed by atoms with van der Waals surface area (Å²) in [6.07, 6.45) is 0.469. The van der Waals surface area contributed by atoms with Crippen molar-refractivity contribution in [1.82, 2.24) is 10.2 Å². The molecule has 0 bridgehead atoms. The standard InChI is InChI=1S/C17H23N3O4/c1-10(2)18-17(24)19-13-6-4-12(5-7-13)15(21)20-9-8-14(11(20)3)16(22)23/h4-7,10-11,14H,8-9H2,1-3H3,(H,22,23)(H2,18,19,24). The molecule has 24 heavy (non-hydrogen) atoms. The summed E-state index contributed by atoms with van der Waals surface area (Å²) in [5.74, 6) is -1.58. The highest BCUT2D eigenvalue weighted by Gasteiger charge is 2.38. The monoisotopic (exact) mass is 333 g/mol. The van der Waals surface area contributed by atoms with Gasteiger partial charge in [0.1, 0.15) is 0 Å². The SMILES string of the molecule is CC(C)NC(=O)Nc1ccc(C(=O)N2CCC(C(=O)O)C2C)cc1. The van der Waals surface area contributed by atoms with Crippen LogP contribution in [0.5, 0.6) is 0 Å². The van der Waals surface area contributed by atoms with Crippen molar-refractivity contribution in [3.05, 3.63) is 29.8 Å².